The normalized spacial score (nSPS) is 18.0. The number of hydrogen-bond donors (Lipinski definition) is 2. The Morgan fingerprint density at radius 3 is 2.44 bits per heavy atom. The molecular weight excluding hydrogens is 508 g/mol. The van der Waals surface area contributed by atoms with Crippen molar-refractivity contribution in [1.29, 1.82) is 0 Å². The summed E-state index contributed by atoms with van der Waals surface area (Å²) in [6.07, 6.45) is 3.25. The Balaban J connectivity index is 1.48. The van der Waals surface area contributed by atoms with E-state index in [-0.39, 0.29) is 10.8 Å². The third kappa shape index (κ3) is 6.46. The van der Waals surface area contributed by atoms with Crippen LogP contribution in [0.1, 0.15) is 55.7 Å². The summed E-state index contributed by atoms with van der Waals surface area (Å²) >= 11 is 0. The van der Waals surface area contributed by atoms with Gasteiger partial charge in [-0.1, -0.05) is 56.3 Å². The van der Waals surface area contributed by atoms with Gasteiger partial charge in [0.15, 0.2) is 0 Å². The second kappa shape index (κ2) is 11.8. The molecule has 1 fully saturated rings. The summed E-state index contributed by atoms with van der Waals surface area (Å²) in [4.78, 5) is 20.9. The van der Waals surface area contributed by atoms with Crippen LogP contribution in [0.3, 0.4) is 0 Å². The third-order valence-electron chi connectivity index (χ3n) is 7.31. The molecule has 8 heteroatoms. The number of likely N-dealkylation sites (tertiary alicyclic amines) is 1. The molecule has 2 heterocycles. The van der Waals surface area contributed by atoms with E-state index >= 15 is 0 Å². The van der Waals surface area contributed by atoms with Crippen LogP contribution in [0.5, 0.6) is 0 Å². The van der Waals surface area contributed by atoms with Gasteiger partial charge in [-0.05, 0) is 85.3 Å². The summed E-state index contributed by atoms with van der Waals surface area (Å²) < 4.78 is 28.8. The maximum atomic E-state index is 13.3. The maximum Gasteiger partial charge on any atom is 0.240 e. The predicted molar refractivity (Wildman–Crippen MR) is 156 cm³/mol. The first-order chi connectivity index (χ1) is 18.8. The number of aliphatic imine (C=N–C) groups is 1. The minimum atomic E-state index is -3.72. The second-order valence-corrected chi connectivity index (χ2v) is 12.5. The minimum absolute atomic E-state index is 0.144. The highest BCUT2D eigenvalue weighted by Crippen LogP contribution is 2.37. The second-order valence-electron chi connectivity index (χ2n) is 10.8. The SMILES string of the molecule is CC(C)CCNS(=O)(=O)c1ccc2c(c1)C(C(=Nc1ccc(CN3CCCC3)cc1)c1ccccc1)C(=O)N2. The van der Waals surface area contributed by atoms with Crippen LogP contribution in [-0.2, 0) is 21.4 Å². The number of anilines is 1. The Morgan fingerprint density at radius 2 is 1.74 bits per heavy atom. The van der Waals surface area contributed by atoms with Crippen LogP contribution < -0.4 is 10.0 Å². The van der Waals surface area contributed by atoms with Crippen molar-refractivity contribution in [1.82, 2.24) is 9.62 Å². The van der Waals surface area contributed by atoms with Crippen molar-refractivity contribution in [3.05, 3.63) is 89.5 Å². The van der Waals surface area contributed by atoms with Gasteiger partial charge in [0.05, 0.1) is 16.3 Å². The molecule has 1 amide bonds. The number of carbonyl (C=O) groups is 1. The molecule has 3 aromatic carbocycles. The van der Waals surface area contributed by atoms with Gasteiger partial charge in [-0.15, -0.1) is 0 Å². The zero-order valence-electron chi connectivity index (χ0n) is 22.6. The summed E-state index contributed by atoms with van der Waals surface area (Å²) in [6.45, 7) is 7.67. The van der Waals surface area contributed by atoms with Crippen molar-refractivity contribution < 1.29 is 13.2 Å². The number of benzene rings is 3. The average Bonchev–Trinajstić information content (AvgIpc) is 3.55. The zero-order chi connectivity index (χ0) is 27.4. The Kier molecular flexibility index (Phi) is 8.26. The third-order valence-corrected chi connectivity index (χ3v) is 8.77. The number of hydrogen-bond acceptors (Lipinski definition) is 5. The largest absolute Gasteiger partial charge is 0.325 e. The number of carbonyl (C=O) groups excluding carboxylic acids is 1. The maximum absolute atomic E-state index is 13.3. The van der Waals surface area contributed by atoms with Gasteiger partial charge in [0, 0.05) is 18.8 Å². The Bertz CT molecular complexity index is 1440. The minimum Gasteiger partial charge on any atom is -0.325 e. The molecule has 0 spiro atoms. The predicted octanol–water partition coefficient (Wildman–Crippen LogP) is 5.46. The molecule has 3 aromatic rings. The van der Waals surface area contributed by atoms with Gasteiger partial charge in [-0.2, -0.15) is 0 Å². The number of sulfonamides is 1. The molecule has 0 saturated carbocycles. The van der Waals surface area contributed by atoms with Gasteiger partial charge in [-0.25, -0.2) is 13.1 Å². The topological polar surface area (TPSA) is 90.9 Å². The van der Waals surface area contributed by atoms with E-state index in [1.165, 1.54) is 24.5 Å². The molecule has 1 unspecified atom stereocenters. The molecule has 0 bridgehead atoms. The van der Waals surface area contributed by atoms with Crippen molar-refractivity contribution in [3.63, 3.8) is 0 Å². The van der Waals surface area contributed by atoms with Crippen LogP contribution in [0.2, 0.25) is 0 Å². The molecule has 5 rings (SSSR count). The summed E-state index contributed by atoms with van der Waals surface area (Å²) in [5.41, 5.74) is 4.60. The average molecular weight is 545 g/mol. The molecule has 0 aliphatic carbocycles. The summed E-state index contributed by atoms with van der Waals surface area (Å²) in [6, 6.07) is 22.6. The first kappa shape index (κ1) is 27.2. The first-order valence-corrected chi connectivity index (χ1v) is 15.2. The van der Waals surface area contributed by atoms with E-state index in [2.05, 4.69) is 40.9 Å². The van der Waals surface area contributed by atoms with E-state index < -0.39 is 15.9 Å². The first-order valence-electron chi connectivity index (χ1n) is 13.7. The van der Waals surface area contributed by atoms with E-state index in [1.807, 2.05) is 42.5 Å². The number of rotatable bonds is 10. The molecular formula is C31H36N4O3S. The van der Waals surface area contributed by atoms with E-state index in [0.717, 1.165) is 37.3 Å². The van der Waals surface area contributed by atoms with Crippen LogP contribution in [-0.4, -0.2) is 44.6 Å². The summed E-state index contributed by atoms with van der Waals surface area (Å²) in [5, 5.41) is 2.93. The smallest absolute Gasteiger partial charge is 0.240 e. The molecule has 2 aliphatic rings. The molecule has 2 N–H and O–H groups in total. The molecule has 7 nitrogen and oxygen atoms in total. The number of nitrogens with zero attached hydrogens (tertiary/aromatic N) is 2. The molecule has 0 radical (unpaired) electrons. The van der Waals surface area contributed by atoms with Crippen LogP contribution in [0.4, 0.5) is 11.4 Å². The number of nitrogens with one attached hydrogen (secondary N) is 2. The van der Waals surface area contributed by atoms with E-state index in [1.54, 1.807) is 12.1 Å². The summed E-state index contributed by atoms with van der Waals surface area (Å²) in [5.74, 6) is -0.573. The molecule has 204 valence electrons. The Hall–Kier alpha value is -3.33. The zero-order valence-corrected chi connectivity index (χ0v) is 23.4. The van der Waals surface area contributed by atoms with Gasteiger partial charge in [0.2, 0.25) is 15.9 Å². The van der Waals surface area contributed by atoms with Gasteiger partial charge in [-0.3, -0.25) is 14.7 Å². The van der Waals surface area contributed by atoms with Crippen molar-refractivity contribution in [3.8, 4) is 0 Å². The molecule has 1 atom stereocenters. The Labute approximate surface area is 231 Å². The summed E-state index contributed by atoms with van der Waals surface area (Å²) in [7, 11) is -3.72. The van der Waals surface area contributed by atoms with Crippen molar-refractivity contribution in [2.45, 2.75) is 50.5 Å². The van der Waals surface area contributed by atoms with Gasteiger partial charge >= 0.3 is 0 Å². The van der Waals surface area contributed by atoms with Crippen LogP contribution in [0, 0.1) is 5.92 Å². The lowest BCUT2D eigenvalue weighted by molar-refractivity contribution is -0.115. The van der Waals surface area contributed by atoms with Crippen molar-refractivity contribution >= 4 is 33.0 Å². The fourth-order valence-corrected chi connectivity index (χ4v) is 6.24. The number of fused-ring (bicyclic) bond motifs is 1. The fraction of sp³-hybridized carbons (Fsp3) is 0.355. The lowest BCUT2D eigenvalue weighted by atomic mass is 9.90. The van der Waals surface area contributed by atoms with Crippen LogP contribution >= 0.6 is 0 Å². The van der Waals surface area contributed by atoms with E-state index in [4.69, 9.17) is 4.99 Å². The highest BCUT2D eigenvalue weighted by atomic mass is 32.2. The standard InChI is InChI=1S/C31H36N4O3S/c1-22(2)16-17-32-39(37,38)26-14-15-28-27(20-26)29(31(36)34-28)30(24-8-4-3-5-9-24)33-25-12-10-23(11-13-25)21-35-18-6-7-19-35/h3-5,8-15,20,22,29,32H,6-7,16-19,21H2,1-2H3,(H,34,36). The molecule has 39 heavy (non-hydrogen) atoms. The Morgan fingerprint density at radius 1 is 1.03 bits per heavy atom. The quantitative estimate of drug-likeness (QED) is 0.332. The van der Waals surface area contributed by atoms with Gasteiger partial charge in [0.25, 0.3) is 0 Å². The number of amides is 1. The molecule has 1 saturated heterocycles. The highest BCUT2D eigenvalue weighted by Gasteiger charge is 2.36. The fourth-order valence-electron chi connectivity index (χ4n) is 5.16. The monoisotopic (exact) mass is 544 g/mol. The van der Waals surface area contributed by atoms with E-state index in [0.29, 0.717) is 29.4 Å². The van der Waals surface area contributed by atoms with Crippen LogP contribution in [0.25, 0.3) is 0 Å². The lowest BCUT2D eigenvalue weighted by Gasteiger charge is -2.16. The van der Waals surface area contributed by atoms with Crippen molar-refractivity contribution in [2.75, 3.05) is 25.0 Å². The lowest BCUT2D eigenvalue weighted by Crippen LogP contribution is -2.26. The van der Waals surface area contributed by atoms with Crippen molar-refractivity contribution in [2.24, 2.45) is 10.9 Å². The molecule has 2 aliphatic heterocycles. The van der Waals surface area contributed by atoms with Crippen LogP contribution in [0.15, 0.2) is 82.7 Å². The molecule has 0 aromatic heterocycles. The van der Waals surface area contributed by atoms with Gasteiger partial charge < -0.3 is 5.32 Å². The van der Waals surface area contributed by atoms with Gasteiger partial charge in [0.1, 0.15) is 5.92 Å². The van der Waals surface area contributed by atoms with E-state index in [9.17, 15) is 13.2 Å². The highest BCUT2D eigenvalue weighted by molar-refractivity contribution is 7.89.